The molecule has 0 spiro atoms. The van der Waals surface area contributed by atoms with Crippen LogP contribution in [0.5, 0.6) is 5.75 Å². The van der Waals surface area contributed by atoms with Gasteiger partial charge in [0.2, 0.25) is 11.8 Å². The Labute approximate surface area is 202 Å². The van der Waals surface area contributed by atoms with Crippen molar-refractivity contribution in [1.82, 2.24) is 15.5 Å². The third kappa shape index (κ3) is 8.93. The maximum Gasteiger partial charge on any atom is 0.408 e. The largest absolute Gasteiger partial charge is 0.508 e. The van der Waals surface area contributed by atoms with E-state index in [2.05, 4.69) is 10.6 Å². The zero-order chi connectivity index (χ0) is 26.3. The number of nitrogens with one attached hydrogen (secondary N) is 2. The Morgan fingerprint density at radius 3 is 2.12 bits per heavy atom. The first-order chi connectivity index (χ1) is 15.6. The molecule has 0 aliphatic carbocycles. The molecule has 0 heterocycles. The van der Waals surface area contributed by atoms with Crippen LogP contribution < -0.4 is 10.6 Å². The third-order valence-corrected chi connectivity index (χ3v) is 4.94. The summed E-state index contributed by atoms with van der Waals surface area (Å²) in [6, 6.07) is 5.66. The third-order valence-electron chi connectivity index (χ3n) is 4.94. The molecule has 0 aliphatic heterocycles. The van der Waals surface area contributed by atoms with Crippen molar-refractivity contribution >= 4 is 17.9 Å². The molecular weight excluding hydrogens is 436 g/mol. The lowest BCUT2D eigenvalue weighted by Gasteiger charge is -2.36. The van der Waals surface area contributed by atoms with Crippen LogP contribution in [0.3, 0.4) is 0 Å². The van der Waals surface area contributed by atoms with E-state index in [9.17, 15) is 24.8 Å². The van der Waals surface area contributed by atoms with Gasteiger partial charge in [0, 0.05) is 5.54 Å². The summed E-state index contributed by atoms with van der Waals surface area (Å²) in [4.78, 5) is 40.8. The van der Waals surface area contributed by atoms with Crippen molar-refractivity contribution in [1.29, 1.82) is 5.26 Å². The summed E-state index contributed by atoms with van der Waals surface area (Å²) in [5.41, 5.74) is -0.942. The number of rotatable bonds is 8. The van der Waals surface area contributed by atoms with E-state index in [4.69, 9.17) is 4.74 Å². The van der Waals surface area contributed by atoms with E-state index in [0.717, 1.165) is 4.90 Å². The van der Waals surface area contributed by atoms with E-state index in [-0.39, 0.29) is 18.2 Å². The van der Waals surface area contributed by atoms with E-state index in [1.165, 1.54) is 24.3 Å². The Balaban J connectivity index is 3.48. The first-order valence-corrected chi connectivity index (χ1v) is 11.4. The van der Waals surface area contributed by atoms with E-state index >= 15 is 0 Å². The van der Waals surface area contributed by atoms with E-state index in [0.29, 0.717) is 12.0 Å². The topological polar surface area (TPSA) is 132 Å². The fourth-order valence-corrected chi connectivity index (χ4v) is 3.24. The number of hydrogen-bond donors (Lipinski definition) is 3. The maximum absolute atomic E-state index is 13.8. The predicted octanol–water partition coefficient (Wildman–Crippen LogP) is 3.64. The predicted molar refractivity (Wildman–Crippen MR) is 129 cm³/mol. The number of ether oxygens (including phenoxy) is 1. The molecule has 0 aliphatic rings. The Kier molecular flexibility index (Phi) is 9.92. The van der Waals surface area contributed by atoms with Gasteiger partial charge in [0.05, 0.1) is 6.07 Å². The number of carbonyl (C=O) groups excluding carboxylic acids is 3. The summed E-state index contributed by atoms with van der Waals surface area (Å²) >= 11 is 0. The second-order valence-electron chi connectivity index (χ2n) is 10.4. The van der Waals surface area contributed by atoms with Gasteiger partial charge in [0.25, 0.3) is 0 Å². The first kappa shape index (κ1) is 28.8. The minimum absolute atomic E-state index is 0.000892. The average molecular weight is 475 g/mol. The van der Waals surface area contributed by atoms with Gasteiger partial charge in [-0.2, -0.15) is 5.26 Å². The lowest BCUT2D eigenvalue weighted by Crippen LogP contribution is -2.56. The van der Waals surface area contributed by atoms with Gasteiger partial charge in [-0.05, 0) is 65.2 Å². The summed E-state index contributed by atoms with van der Waals surface area (Å²) in [7, 11) is 0. The van der Waals surface area contributed by atoms with Crippen LogP contribution in [0, 0.1) is 17.2 Å². The summed E-state index contributed by atoms with van der Waals surface area (Å²) in [6.07, 6.45) is -0.201. The van der Waals surface area contributed by atoms with Gasteiger partial charge < -0.3 is 25.4 Å². The SMILES string of the molecule is CCC(C)C(NC(=O)OC(C)(C)C)C(=O)N(CC#N)C(C(=O)NC(C)(C)C)c1ccc(O)cc1. The van der Waals surface area contributed by atoms with Crippen molar-refractivity contribution in [2.75, 3.05) is 6.54 Å². The molecule has 0 aromatic heterocycles. The van der Waals surface area contributed by atoms with Crippen LogP contribution in [-0.2, 0) is 14.3 Å². The molecule has 1 aromatic carbocycles. The van der Waals surface area contributed by atoms with Crippen molar-refractivity contribution in [3.63, 3.8) is 0 Å². The highest BCUT2D eigenvalue weighted by atomic mass is 16.6. The van der Waals surface area contributed by atoms with Crippen molar-refractivity contribution in [2.45, 2.75) is 85.0 Å². The Bertz CT molecular complexity index is 894. The van der Waals surface area contributed by atoms with Gasteiger partial charge in [-0.15, -0.1) is 0 Å². The minimum atomic E-state index is -1.15. The number of phenolic OH excluding ortho intramolecular Hbond substituents is 1. The second-order valence-corrected chi connectivity index (χ2v) is 10.4. The minimum Gasteiger partial charge on any atom is -0.508 e. The van der Waals surface area contributed by atoms with E-state index in [1.807, 2.05) is 13.0 Å². The fraction of sp³-hybridized carbons (Fsp3) is 0.600. The molecule has 34 heavy (non-hydrogen) atoms. The zero-order valence-corrected chi connectivity index (χ0v) is 21.4. The molecule has 1 aromatic rings. The highest BCUT2D eigenvalue weighted by molar-refractivity contribution is 5.92. The fourth-order valence-electron chi connectivity index (χ4n) is 3.24. The van der Waals surface area contributed by atoms with Crippen LogP contribution in [0.2, 0.25) is 0 Å². The summed E-state index contributed by atoms with van der Waals surface area (Å²) < 4.78 is 5.33. The molecule has 188 valence electrons. The number of amides is 3. The number of alkyl carbamates (subject to hydrolysis) is 1. The molecule has 3 N–H and O–H groups in total. The molecule has 0 bridgehead atoms. The average Bonchev–Trinajstić information content (AvgIpc) is 2.69. The van der Waals surface area contributed by atoms with Gasteiger partial charge in [-0.25, -0.2) is 4.79 Å². The number of aromatic hydroxyl groups is 1. The monoisotopic (exact) mass is 474 g/mol. The Morgan fingerprint density at radius 2 is 1.68 bits per heavy atom. The van der Waals surface area contributed by atoms with Gasteiger partial charge in [0.1, 0.15) is 30.0 Å². The van der Waals surface area contributed by atoms with Crippen LogP contribution in [-0.4, -0.2) is 51.6 Å². The van der Waals surface area contributed by atoms with Crippen LogP contribution in [0.1, 0.15) is 73.4 Å². The number of benzene rings is 1. The first-order valence-electron chi connectivity index (χ1n) is 11.4. The smallest absolute Gasteiger partial charge is 0.408 e. The van der Waals surface area contributed by atoms with E-state index < -0.39 is 41.1 Å². The molecule has 3 unspecified atom stereocenters. The van der Waals surface area contributed by atoms with Crippen molar-refractivity contribution in [3.05, 3.63) is 29.8 Å². The zero-order valence-electron chi connectivity index (χ0n) is 21.4. The summed E-state index contributed by atoms with van der Waals surface area (Å²) in [5.74, 6) is -1.36. The quantitative estimate of drug-likeness (QED) is 0.493. The number of phenols is 1. The molecule has 0 radical (unpaired) electrons. The summed E-state index contributed by atoms with van der Waals surface area (Å²) in [5, 5.41) is 24.7. The lowest BCUT2D eigenvalue weighted by molar-refractivity contribution is -0.143. The standard InChI is InChI=1S/C25H38N4O5/c1-9-16(2)19(27-23(33)34-25(6,7)8)22(32)29(15-14-26)20(21(31)28-24(3,4)5)17-10-12-18(30)13-11-17/h10-13,16,19-20,30H,9,15H2,1-8H3,(H,27,33)(H,28,31). The van der Waals surface area contributed by atoms with Crippen LogP contribution in [0.15, 0.2) is 24.3 Å². The second kappa shape index (κ2) is 11.7. The number of nitrogens with zero attached hydrogens (tertiary/aromatic N) is 2. The number of carbonyl (C=O) groups is 3. The molecule has 0 saturated carbocycles. The van der Waals surface area contributed by atoms with Crippen molar-refractivity contribution < 1.29 is 24.2 Å². The molecule has 9 nitrogen and oxygen atoms in total. The molecular formula is C25H38N4O5. The normalized spacial score (nSPS) is 14.2. The molecule has 3 amide bonds. The van der Waals surface area contributed by atoms with Crippen molar-refractivity contribution in [3.8, 4) is 11.8 Å². The molecule has 9 heteroatoms. The molecule has 0 fully saturated rings. The Morgan fingerprint density at radius 1 is 1.12 bits per heavy atom. The van der Waals surface area contributed by atoms with Gasteiger partial charge in [-0.1, -0.05) is 32.4 Å². The van der Waals surface area contributed by atoms with Crippen LogP contribution >= 0.6 is 0 Å². The Hall–Kier alpha value is -3.28. The maximum atomic E-state index is 13.8. The van der Waals surface area contributed by atoms with E-state index in [1.54, 1.807) is 48.5 Å². The molecule has 3 atom stereocenters. The van der Waals surface area contributed by atoms with Gasteiger partial charge >= 0.3 is 6.09 Å². The number of nitriles is 1. The van der Waals surface area contributed by atoms with Gasteiger partial charge in [-0.3, -0.25) is 9.59 Å². The molecule has 0 saturated heterocycles. The molecule has 1 rings (SSSR count). The highest BCUT2D eigenvalue weighted by Gasteiger charge is 2.38. The van der Waals surface area contributed by atoms with Crippen LogP contribution in [0.25, 0.3) is 0 Å². The van der Waals surface area contributed by atoms with Crippen molar-refractivity contribution in [2.24, 2.45) is 5.92 Å². The summed E-state index contributed by atoms with van der Waals surface area (Å²) in [6.45, 7) is 13.9. The van der Waals surface area contributed by atoms with Gasteiger partial charge in [0.15, 0.2) is 0 Å². The highest BCUT2D eigenvalue weighted by Crippen LogP contribution is 2.26. The van der Waals surface area contributed by atoms with Crippen LogP contribution in [0.4, 0.5) is 4.79 Å². The lowest BCUT2D eigenvalue weighted by atomic mass is 9.95. The number of hydrogen-bond acceptors (Lipinski definition) is 6.